The summed E-state index contributed by atoms with van der Waals surface area (Å²) in [6, 6.07) is 13.0. The summed E-state index contributed by atoms with van der Waals surface area (Å²) < 4.78 is 95.8. The molecule has 1 aliphatic rings. The number of para-hydroxylation sites is 1. The van der Waals surface area contributed by atoms with Crippen LogP contribution in [0.25, 0.3) is 11.1 Å². The molecule has 0 fully saturated rings. The van der Waals surface area contributed by atoms with Gasteiger partial charge in [-0.05, 0) is 60.1 Å². The van der Waals surface area contributed by atoms with Crippen molar-refractivity contribution in [3.63, 3.8) is 0 Å². The number of anilines is 1. The highest BCUT2D eigenvalue weighted by atomic mass is 28.4. The maximum atomic E-state index is 13.6. The lowest BCUT2D eigenvalue weighted by molar-refractivity contribution is -0.143. The highest BCUT2D eigenvalue weighted by Gasteiger charge is 2.41. The smallest absolute Gasteiger partial charge is 0.416 e. The summed E-state index contributed by atoms with van der Waals surface area (Å²) in [5, 5.41) is 0.203. The number of methoxy groups -OCH3 is 2. The van der Waals surface area contributed by atoms with Crippen molar-refractivity contribution in [1.29, 1.82) is 0 Å². The standard InChI is InChI=1S/C25H17F6NO3.C9H20O2Si/c1-35-22(33)13-21-19-8-3-2-6-17(19)18-7-4-5-9-20(18)32(21)23(34)14-10-15(24(26,27)28)12-16(11-14)25(29,30)31;1-8(10-5)11-12(6,7)9(2,3)4/h2-12,21H,13H2,1H3;1H2,2-7H3. The maximum Gasteiger partial charge on any atom is 0.416 e. The van der Waals surface area contributed by atoms with Crippen LogP contribution < -0.4 is 4.90 Å². The lowest BCUT2D eigenvalue weighted by Gasteiger charge is -2.38. The van der Waals surface area contributed by atoms with Gasteiger partial charge >= 0.3 is 18.3 Å². The average Bonchev–Trinajstić information content (AvgIpc) is 2.99. The van der Waals surface area contributed by atoms with Crippen LogP contribution >= 0.6 is 0 Å². The quantitative estimate of drug-likeness (QED) is 0.112. The van der Waals surface area contributed by atoms with Gasteiger partial charge in [0.05, 0.1) is 43.5 Å². The van der Waals surface area contributed by atoms with Gasteiger partial charge in [0.2, 0.25) is 0 Å². The minimum absolute atomic E-state index is 0.0395. The van der Waals surface area contributed by atoms with Crippen molar-refractivity contribution in [2.75, 3.05) is 19.1 Å². The zero-order chi connectivity index (χ0) is 35.5. The summed E-state index contributed by atoms with van der Waals surface area (Å²) >= 11 is 0. The van der Waals surface area contributed by atoms with E-state index in [4.69, 9.17) is 13.9 Å². The summed E-state index contributed by atoms with van der Waals surface area (Å²) in [7, 11) is 1.00. The van der Waals surface area contributed by atoms with Gasteiger partial charge in [-0.2, -0.15) is 26.3 Å². The van der Waals surface area contributed by atoms with Crippen molar-refractivity contribution in [1.82, 2.24) is 0 Å². The van der Waals surface area contributed by atoms with Gasteiger partial charge < -0.3 is 13.9 Å². The Hall–Kier alpha value is -4.26. The second-order valence-corrected chi connectivity index (χ2v) is 17.0. The van der Waals surface area contributed by atoms with Gasteiger partial charge in [-0.3, -0.25) is 14.5 Å². The second kappa shape index (κ2) is 13.8. The Bertz CT molecular complexity index is 1600. The van der Waals surface area contributed by atoms with E-state index < -0.39 is 55.3 Å². The fraction of sp³-hybridized carbons (Fsp3) is 0.353. The molecule has 1 unspecified atom stereocenters. The number of hydrogen-bond acceptors (Lipinski definition) is 5. The van der Waals surface area contributed by atoms with Crippen molar-refractivity contribution >= 4 is 25.9 Å². The number of esters is 1. The van der Waals surface area contributed by atoms with Gasteiger partial charge in [-0.25, -0.2) is 0 Å². The van der Waals surface area contributed by atoms with E-state index in [1.807, 2.05) is 0 Å². The van der Waals surface area contributed by atoms with Crippen LogP contribution in [0.3, 0.4) is 0 Å². The molecule has 6 nitrogen and oxygen atoms in total. The molecule has 1 amide bonds. The van der Waals surface area contributed by atoms with Gasteiger partial charge in [0.15, 0.2) is 0 Å². The molecule has 0 aliphatic carbocycles. The molecule has 47 heavy (non-hydrogen) atoms. The largest absolute Gasteiger partial charge is 0.519 e. The monoisotopic (exact) mass is 681 g/mol. The number of carbonyl (C=O) groups excluding carboxylic acids is 2. The SMILES string of the molecule is C=C(OC)O[Si](C)(C)C(C)(C)C.COC(=O)CC1c2ccccc2-c2ccccc2N1C(=O)c1cc(C(F)(F)F)cc(C(F)(F)F)c1. The third-order valence-corrected chi connectivity index (χ3v) is 12.5. The lowest BCUT2D eigenvalue weighted by atomic mass is 9.86. The third kappa shape index (κ3) is 8.56. The Labute approximate surface area is 271 Å². The van der Waals surface area contributed by atoms with E-state index in [1.165, 1.54) is 6.07 Å². The van der Waals surface area contributed by atoms with Crippen molar-refractivity contribution in [2.24, 2.45) is 0 Å². The molecule has 0 saturated carbocycles. The van der Waals surface area contributed by atoms with Gasteiger partial charge in [0, 0.05) is 11.1 Å². The first-order valence-electron chi connectivity index (χ1n) is 14.4. The first-order valence-corrected chi connectivity index (χ1v) is 17.3. The molecule has 0 aromatic heterocycles. The normalized spacial score (nSPS) is 14.6. The van der Waals surface area contributed by atoms with Gasteiger partial charge in [0.1, 0.15) is 0 Å². The number of benzene rings is 3. The molecule has 13 heteroatoms. The fourth-order valence-electron chi connectivity index (χ4n) is 4.64. The molecule has 0 bridgehead atoms. The molecular formula is C34H37F6NO5Si. The molecule has 4 rings (SSSR count). The van der Waals surface area contributed by atoms with Crippen LogP contribution in [0.1, 0.15) is 60.3 Å². The Morgan fingerprint density at radius 1 is 0.809 bits per heavy atom. The topological polar surface area (TPSA) is 65.1 Å². The summed E-state index contributed by atoms with van der Waals surface area (Å²) in [4.78, 5) is 26.9. The zero-order valence-corrected chi connectivity index (χ0v) is 28.1. The first-order chi connectivity index (χ1) is 21.6. The van der Waals surface area contributed by atoms with E-state index in [2.05, 4.69) is 40.4 Å². The number of ether oxygens (including phenoxy) is 2. The Morgan fingerprint density at radius 2 is 1.32 bits per heavy atom. The van der Waals surface area contributed by atoms with E-state index in [-0.39, 0.29) is 23.2 Å². The van der Waals surface area contributed by atoms with Crippen LogP contribution in [0.5, 0.6) is 0 Å². The van der Waals surface area contributed by atoms with Crippen LogP contribution in [0.2, 0.25) is 18.1 Å². The van der Waals surface area contributed by atoms with Crippen LogP contribution in [-0.4, -0.2) is 34.4 Å². The van der Waals surface area contributed by atoms with E-state index in [9.17, 15) is 35.9 Å². The molecule has 0 N–H and O–H groups in total. The maximum absolute atomic E-state index is 13.6. The Morgan fingerprint density at radius 3 is 1.81 bits per heavy atom. The van der Waals surface area contributed by atoms with E-state index >= 15 is 0 Å². The van der Waals surface area contributed by atoms with Gasteiger partial charge in [-0.1, -0.05) is 63.2 Å². The van der Waals surface area contributed by atoms with E-state index in [0.29, 0.717) is 34.8 Å². The van der Waals surface area contributed by atoms with Gasteiger partial charge in [-0.15, -0.1) is 0 Å². The van der Waals surface area contributed by atoms with Crippen molar-refractivity contribution < 1.29 is 49.8 Å². The first kappa shape index (κ1) is 37.2. The summed E-state index contributed by atoms with van der Waals surface area (Å²) in [5.41, 5.74) is -2.04. The molecule has 1 atom stereocenters. The van der Waals surface area contributed by atoms with Crippen molar-refractivity contribution in [3.8, 4) is 11.1 Å². The van der Waals surface area contributed by atoms with Crippen molar-refractivity contribution in [3.05, 3.63) is 102 Å². The summed E-state index contributed by atoms with van der Waals surface area (Å²) in [5.74, 6) is -1.39. The lowest BCUT2D eigenvalue weighted by Crippen LogP contribution is -2.40. The van der Waals surface area contributed by atoms with Crippen LogP contribution in [0.4, 0.5) is 32.0 Å². The van der Waals surface area contributed by atoms with Gasteiger partial charge in [0.25, 0.3) is 20.2 Å². The number of alkyl halides is 6. The molecule has 1 heterocycles. The molecule has 0 spiro atoms. The van der Waals surface area contributed by atoms with E-state index in [1.54, 1.807) is 49.6 Å². The Balaban J connectivity index is 0.000000426. The summed E-state index contributed by atoms with van der Waals surface area (Å²) in [6.45, 7) is 14.5. The number of amides is 1. The number of fused-ring (bicyclic) bond motifs is 3. The molecule has 0 radical (unpaired) electrons. The number of halogens is 6. The molecule has 0 saturated heterocycles. The predicted octanol–water partition coefficient (Wildman–Crippen LogP) is 9.78. The average molecular weight is 682 g/mol. The fourth-order valence-corrected chi connectivity index (χ4v) is 5.60. The molecule has 3 aromatic carbocycles. The molecule has 3 aromatic rings. The van der Waals surface area contributed by atoms with Crippen molar-refractivity contribution in [2.45, 2.75) is 63.7 Å². The molecule has 1 aliphatic heterocycles. The second-order valence-electron chi connectivity index (χ2n) is 12.3. The third-order valence-electron chi connectivity index (χ3n) is 8.13. The number of carbonyl (C=O) groups is 2. The Kier molecular flexibility index (Phi) is 11.0. The summed E-state index contributed by atoms with van der Waals surface area (Å²) in [6.07, 6.45) is -10.6. The molecular weight excluding hydrogens is 644 g/mol. The number of hydrogen-bond donors (Lipinski definition) is 0. The van der Waals surface area contributed by atoms with Crippen LogP contribution in [-0.2, 0) is 31.0 Å². The highest BCUT2D eigenvalue weighted by molar-refractivity contribution is 6.74. The van der Waals surface area contributed by atoms with Crippen LogP contribution in [0, 0.1) is 0 Å². The van der Waals surface area contributed by atoms with Crippen LogP contribution in [0.15, 0.2) is 79.3 Å². The number of rotatable bonds is 6. The zero-order valence-electron chi connectivity index (χ0n) is 27.1. The van der Waals surface area contributed by atoms with E-state index in [0.717, 1.165) is 12.0 Å². The minimum atomic E-state index is -5.12. The highest BCUT2D eigenvalue weighted by Crippen LogP contribution is 2.47. The predicted molar refractivity (Wildman–Crippen MR) is 169 cm³/mol. The molecule has 254 valence electrons. The minimum Gasteiger partial charge on any atom is -0.519 e. The number of nitrogens with zero attached hydrogens (tertiary/aromatic N) is 1.